The number of hydrogen-bond donors (Lipinski definition) is 1. The summed E-state index contributed by atoms with van der Waals surface area (Å²) in [5, 5.41) is 2.87. The molecule has 0 saturated heterocycles. The van der Waals surface area contributed by atoms with E-state index in [1.807, 2.05) is 60.7 Å². The van der Waals surface area contributed by atoms with E-state index in [4.69, 9.17) is 15.7 Å². The highest BCUT2D eigenvalue weighted by molar-refractivity contribution is 5.99. The van der Waals surface area contributed by atoms with Crippen LogP contribution >= 0.6 is 0 Å². The second-order valence-corrected chi connectivity index (χ2v) is 6.51. The van der Waals surface area contributed by atoms with Crippen molar-refractivity contribution in [2.75, 3.05) is 7.11 Å². The van der Waals surface area contributed by atoms with Crippen molar-refractivity contribution in [1.82, 2.24) is 5.32 Å². The maximum Gasteiger partial charge on any atom is 0.344 e. The van der Waals surface area contributed by atoms with Gasteiger partial charge in [0.2, 0.25) is 0 Å². The molecule has 0 aliphatic carbocycles. The van der Waals surface area contributed by atoms with E-state index in [-0.39, 0.29) is 5.91 Å². The Balaban J connectivity index is 1.93. The number of amides is 1. The molecule has 1 N–H and O–H groups in total. The molecule has 5 nitrogen and oxygen atoms in total. The summed E-state index contributed by atoms with van der Waals surface area (Å²) in [5.74, 6) is 0.404. The van der Waals surface area contributed by atoms with Crippen molar-refractivity contribution in [3.63, 3.8) is 0 Å². The van der Waals surface area contributed by atoms with E-state index in [1.54, 1.807) is 25.5 Å². The molecule has 0 radical (unpaired) electrons. The van der Waals surface area contributed by atoms with Crippen LogP contribution in [0.15, 0.2) is 83.5 Å². The molecular weight excluding hydrogens is 352 g/mol. The maximum absolute atomic E-state index is 13.3. The summed E-state index contributed by atoms with van der Waals surface area (Å²) in [7, 11) is 1.60. The third-order valence-electron chi connectivity index (χ3n) is 5.03. The van der Waals surface area contributed by atoms with E-state index < -0.39 is 11.5 Å². The molecule has 0 saturated carbocycles. The summed E-state index contributed by atoms with van der Waals surface area (Å²) in [6.07, 6.45) is 3.45. The first-order valence-electron chi connectivity index (χ1n) is 8.84. The summed E-state index contributed by atoms with van der Waals surface area (Å²) >= 11 is 0. The third-order valence-corrected chi connectivity index (χ3v) is 5.03. The molecule has 2 heterocycles. The number of rotatable bonds is 4. The Kier molecular flexibility index (Phi) is 4.46. The topological polar surface area (TPSA) is 55.8 Å². The quantitative estimate of drug-likeness (QED) is 0.695. The minimum Gasteiger partial charge on any atom is -0.497 e. The zero-order chi connectivity index (χ0) is 19.6. The van der Waals surface area contributed by atoms with Crippen LogP contribution in [0.3, 0.4) is 0 Å². The first-order valence-corrected chi connectivity index (χ1v) is 8.84. The Hall–Kier alpha value is -3.78. The fourth-order valence-electron chi connectivity index (χ4n) is 3.60. The molecular formula is C23H18N2O3. The number of benzene rings is 2. The molecule has 1 aliphatic rings. The van der Waals surface area contributed by atoms with E-state index in [9.17, 15) is 4.79 Å². The lowest BCUT2D eigenvalue weighted by Crippen LogP contribution is -2.48. The van der Waals surface area contributed by atoms with Gasteiger partial charge in [0, 0.05) is 5.56 Å². The lowest BCUT2D eigenvalue weighted by molar-refractivity contribution is -0.124. The number of nitrogens with zero attached hydrogens (tertiary/aromatic N) is 1. The van der Waals surface area contributed by atoms with Gasteiger partial charge in [-0.25, -0.2) is 6.57 Å². The van der Waals surface area contributed by atoms with Gasteiger partial charge in [0.15, 0.2) is 0 Å². The second kappa shape index (κ2) is 7.09. The van der Waals surface area contributed by atoms with Crippen LogP contribution in [0, 0.1) is 6.57 Å². The van der Waals surface area contributed by atoms with E-state index in [2.05, 4.69) is 10.2 Å². The van der Waals surface area contributed by atoms with Gasteiger partial charge in [-0.3, -0.25) is 9.64 Å². The maximum atomic E-state index is 13.3. The molecule has 1 aliphatic heterocycles. The van der Waals surface area contributed by atoms with Gasteiger partial charge in [-0.1, -0.05) is 42.5 Å². The lowest BCUT2D eigenvalue weighted by atomic mass is 9.72. The molecule has 0 spiro atoms. The Morgan fingerprint density at radius 1 is 1.07 bits per heavy atom. The zero-order valence-electron chi connectivity index (χ0n) is 15.3. The molecule has 2 atom stereocenters. The van der Waals surface area contributed by atoms with Crippen LogP contribution in [0.4, 0.5) is 0 Å². The SMILES string of the molecule is [C-]#[N+][C@@]1(c2ccccc2)C(=O)NC(c2ccco2)=C[C@H]1c1ccc(OC)cc1. The minimum absolute atomic E-state index is 0.372. The number of methoxy groups -OCH3 is 1. The standard InChI is InChI=1S/C23H18N2O3/c1-24-23(17-7-4-3-5-8-17)19(16-10-12-18(27-2)13-11-16)15-20(25-22(23)26)21-9-6-14-28-21/h3-15,19H,2H3,(H,25,26)/t19-,23+/m0/s1. The highest BCUT2D eigenvalue weighted by Gasteiger charge is 2.57. The molecule has 0 bridgehead atoms. The summed E-state index contributed by atoms with van der Waals surface area (Å²) in [6, 6.07) is 20.2. The van der Waals surface area contributed by atoms with Crippen LogP contribution in [0.2, 0.25) is 0 Å². The number of hydrogen-bond acceptors (Lipinski definition) is 3. The van der Waals surface area contributed by atoms with Crippen LogP contribution < -0.4 is 10.1 Å². The van der Waals surface area contributed by atoms with Crippen LogP contribution in [0.1, 0.15) is 22.8 Å². The smallest absolute Gasteiger partial charge is 0.344 e. The average molecular weight is 370 g/mol. The van der Waals surface area contributed by atoms with Crippen molar-refractivity contribution in [2.45, 2.75) is 11.5 Å². The number of ether oxygens (including phenoxy) is 1. The molecule has 1 amide bonds. The molecule has 28 heavy (non-hydrogen) atoms. The van der Waals surface area contributed by atoms with E-state index in [0.717, 1.165) is 5.56 Å². The van der Waals surface area contributed by atoms with Gasteiger partial charge in [-0.2, -0.15) is 0 Å². The van der Waals surface area contributed by atoms with Crippen molar-refractivity contribution in [3.8, 4) is 5.75 Å². The monoisotopic (exact) mass is 370 g/mol. The van der Waals surface area contributed by atoms with Gasteiger partial charge in [-0.05, 0) is 35.9 Å². The fraction of sp³-hybridized carbons (Fsp3) is 0.130. The van der Waals surface area contributed by atoms with Crippen LogP contribution in [0.5, 0.6) is 5.75 Å². The Labute approximate surface area is 163 Å². The van der Waals surface area contributed by atoms with Crippen molar-refractivity contribution in [1.29, 1.82) is 0 Å². The van der Waals surface area contributed by atoms with Gasteiger partial charge < -0.3 is 14.5 Å². The first kappa shape index (κ1) is 17.6. The fourth-order valence-corrected chi connectivity index (χ4v) is 3.60. The highest BCUT2D eigenvalue weighted by atomic mass is 16.5. The summed E-state index contributed by atoms with van der Waals surface area (Å²) in [4.78, 5) is 17.2. The van der Waals surface area contributed by atoms with Crippen molar-refractivity contribution in [3.05, 3.63) is 107 Å². The van der Waals surface area contributed by atoms with Crippen LogP contribution in [-0.2, 0) is 10.3 Å². The Bertz CT molecular complexity index is 1050. The van der Waals surface area contributed by atoms with Gasteiger partial charge >= 0.3 is 11.4 Å². The van der Waals surface area contributed by atoms with Crippen molar-refractivity contribution < 1.29 is 13.9 Å². The number of nitrogens with one attached hydrogen (secondary N) is 1. The zero-order valence-corrected chi connectivity index (χ0v) is 15.3. The molecule has 0 unspecified atom stereocenters. The molecule has 1 aromatic heterocycles. The molecule has 2 aromatic carbocycles. The van der Waals surface area contributed by atoms with E-state index in [1.165, 1.54) is 0 Å². The first-order chi connectivity index (χ1) is 13.7. The summed E-state index contributed by atoms with van der Waals surface area (Å²) < 4.78 is 10.7. The predicted octanol–water partition coefficient (Wildman–Crippen LogP) is 4.36. The average Bonchev–Trinajstić information content (AvgIpc) is 3.29. The van der Waals surface area contributed by atoms with Gasteiger partial charge in [0.05, 0.1) is 25.0 Å². The van der Waals surface area contributed by atoms with Crippen molar-refractivity contribution >= 4 is 11.6 Å². The Morgan fingerprint density at radius 3 is 2.43 bits per heavy atom. The molecule has 4 rings (SSSR count). The van der Waals surface area contributed by atoms with Crippen molar-refractivity contribution in [2.24, 2.45) is 0 Å². The minimum atomic E-state index is -1.41. The van der Waals surface area contributed by atoms with Gasteiger partial charge in [0.25, 0.3) is 0 Å². The summed E-state index contributed by atoms with van der Waals surface area (Å²) in [5.41, 5.74) is 0.648. The Morgan fingerprint density at radius 2 is 1.82 bits per heavy atom. The van der Waals surface area contributed by atoms with E-state index in [0.29, 0.717) is 22.8 Å². The number of carbonyl (C=O) groups excluding carboxylic acids is 1. The largest absolute Gasteiger partial charge is 0.497 e. The molecule has 3 aromatic rings. The third kappa shape index (κ3) is 2.76. The van der Waals surface area contributed by atoms with Gasteiger partial charge in [-0.15, -0.1) is 0 Å². The van der Waals surface area contributed by atoms with E-state index >= 15 is 0 Å². The van der Waals surface area contributed by atoms with Crippen LogP contribution in [-0.4, -0.2) is 13.0 Å². The molecule has 138 valence electrons. The molecule has 5 heteroatoms. The van der Waals surface area contributed by atoms with Gasteiger partial charge in [0.1, 0.15) is 11.5 Å². The lowest BCUT2D eigenvalue weighted by Gasteiger charge is -2.32. The number of carbonyl (C=O) groups is 1. The normalized spacial score (nSPS) is 21.4. The second-order valence-electron chi connectivity index (χ2n) is 6.51. The van der Waals surface area contributed by atoms with Crippen LogP contribution in [0.25, 0.3) is 10.5 Å². The highest BCUT2D eigenvalue weighted by Crippen LogP contribution is 2.46. The number of furan rings is 1. The predicted molar refractivity (Wildman–Crippen MR) is 105 cm³/mol. The molecule has 0 fully saturated rings. The summed E-state index contributed by atoms with van der Waals surface area (Å²) in [6.45, 7) is 8.00.